The van der Waals surface area contributed by atoms with E-state index in [-0.39, 0.29) is 0 Å². The maximum absolute atomic E-state index is 12.0. The van der Waals surface area contributed by atoms with Crippen LogP contribution in [0.5, 0.6) is 11.5 Å². The molecule has 2 aromatic rings. The van der Waals surface area contributed by atoms with Gasteiger partial charge in [0.2, 0.25) is 0 Å². The number of hydrogen-bond donors (Lipinski definition) is 1. The minimum atomic E-state index is -0.627. The third-order valence-corrected chi connectivity index (χ3v) is 4.68. The number of benzene rings is 1. The van der Waals surface area contributed by atoms with Gasteiger partial charge in [-0.25, -0.2) is 4.79 Å². The molecule has 1 aromatic heterocycles. The molecule has 0 radical (unpaired) electrons. The third-order valence-electron chi connectivity index (χ3n) is 4.68. The summed E-state index contributed by atoms with van der Waals surface area (Å²) in [5.74, 6) is 0.981. The number of ether oxygens (including phenoxy) is 3. The summed E-state index contributed by atoms with van der Waals surface area (Å²) in [5.41, 5.74) is 0.556. The van der Waals surface area contributed by atoms with E-state index in [1.54, 1.807) is 30.3 Å². The Balaban J connectivity index is 1.28. The zero-order chi connectivity index (χ0) is 19.6. The van der Waals surface area contributed by atoms with Gasteiger partial charge in [-0.3, -0.25) is 4.79 Å². The highest BCUT2D eigenvalue weighted by Gasteiger charge is 2.44. The van der Waals surface area contributed by atoms with Crippen LogP contribution in [0.2, 0.25) is 0 Å². The number of aryl methyl sites for hydroxylation is 1. The van der Waals surface area contributed by atoms with Gasteiger partial charge in [-0.1, -0.05) is 0 Å². The first-order valence-electron chi connectivity index (χ1n) is 9.25. The number of carbonyl (C=O) groups excluding carboxylic acids is 2. The Bertz CT molecular complexity index is 923. The number of anilines is 1. The minimum absolute atomic E-state index is 0.390. The molecule has 7 nitrogen and oxygen atoms in total. The summed E-state index contributed by atoms with van der Waals surface area (Å²) in [6.07, 6.45) is 6.60. The van der Waals surface area contributed by atoms with Crippen LogP contribution in [-0.4, -0.2) is 24.3 Å². The summed E-state index contributed by atoms with van der Waals surface area (Å²) in [4.78, 5) is 23.8. The molecule has 1 N–H and O–H groups in total. The molecule has 0 bridgehead atoms. The molecule has 0 unspecified atom stereocenters. The van der Waals surface area contributed by atoms with Crippen LogP contribution >= 0.6 is 0 Å². The van der Waals surface area contributed by atoms with Crippen molar-refractivity contribution in [2.75, 3.05) is 11.9 Å². The number of rotatable bonds is 5. The van der Waals surface area contributed by atoms with Gasteiger partial charge < -0.3 is 23.9 Å². The molecule has 7 heteroatoms. The first-order chi connectivity index (χ1) is 13.5. The van der Waals surface area contributed by atoms with Gasteiger partial charge in [-0.15, -0.1) is 0 Å². The second-order valence-electron chi connectivity index (χ2n) is 6.92. The average Bonchev–Trinajstić information content (AvgIpc) is 3.38. The fourth-order valence-corrected chi connectivity index (χ4v) is 3.36. The van der Waals surface area contributed by atoms with Gasteiger partial charge in [-0.2, -0.15) is 0 Å². The lowest BCUT2D eigenvalue weighted by Gasteiger charge is -2.21. The topological polar surface area (TPSA) is 87.0 Å². The standard InChI is InChI=1S/C21H21NO6/c1-14-4-6-16(26-14)7-9-20(24)25-13-19(23)22-15-5-8-17-18(12-15)28-21(27-17)10-2-3-11-21/h4-9,12H,2-3,10-11,13H2,1H3,(H,22,23)/b9-7+. The van der Waals surface area contributed by atoms with Crippen LogP contribution in [0.3, 0.4) is 0 Å². The van der Waals surface area contributed by atoms with Crippen LogP contribution in [0.4, 0.5) is 5.69 Å². The first kappa shape index (κ1) is 18.2. The molecule has 146 valence electrons. The second kappa shape index (κ2) is 7.42. The summed E-state index contributed by atoms with van der Waals surface area (Å²) in [6, 6.07) is 8.76. The van der Waals surface area contributed by atoms with Crippen LogP contribution in [0.1, 0.15) is 37.2 Å². The lowest BCUT2D eigenvalue weighted by Crippen LogP contribution is -2.34. The summed E-state index contributed by atoms with van der Waals surface area (Å²) < 4.78 is 22.2. The van der Waals surface area contributed by atoms with Crippen LogP contribution < -0.4 is 14.8 Å². The van der Waals surface area contributed by atoms with E-state index in [4.69, 9.17) is 18.6 Å². The normalized spacial score (nSPS) is 16.6. The minimum Gasteiger partial charge on any atom is -0.462 e. The summed E-state index contributed by atoms with van der Waals surface area (Å²) in [5, 5.41) is 2.69. The summed E-state index contributed by atoms with van der Waals surface area (Å²) in [7, 11) is 0. The van der Waals surface area contributed by atoms with Gasteiger partial charge in [0.05, 0.1) is 0 Å². The average molecular weight is 383 g/mol. The molecule has 2 aliphatic rings. The number of esters is 1. The van der Waals surface area contributed by atoms with Crippen molar-refractivity contribution in [2.24, 2.45) is 0 Å². The highest BCUT2D eigenvalue weighted by molar-refractivity contribution is 5.94. The molecule has 4 rings (SSSR count). The fourth-order valence-electron chi connectivity index (χ4n) is 3.36. The summed E-state index contributed by atoms with van der Waals surface area (Å²) in [6.45, 7) is 1.42. The van der Waals surface area contributed by atoms with Gasteiger partial charge >= 0.3 is 5.97 Å². The Labute approximate surface area is 162 Å². The van der Waals surface area contributed by atoms with Crippen molar-refractivity contribution in [3.63, 3.8) is 0 Å². The van der Waals surface area contributed by atoms with Gasteiger partial charge in [0.1, 0.15) is 11.5 Å². The maximum atomic E-state index is 12.0. The number of amides is 1. The fraction of sp³-hybridized carbons (Fsp3) is 0.333. The van der Waals surface area contributed by atoms with Crippen LogP contribution in [0.25, 0.3) is 6.08 Å². The highest BCUT2D eigenvalue weighted by Crippen LogP contribution is 2.47. The molecule has 1 spiro atoms. The molecule has 0 saturated heterocycles. The lowest BCUT2D eigenvalue weighted by atomic mass is 10.2. The van der Waals surface area contributed by atoms with Gasteiger partial charge in [0, 0.05) is 30.7 Å². The molecule has 0 atom stereocenters. The number of hydrogen-bond acceptors (Lipinski definition) is 6. The van der Waals surface area contributed by atoms with Crippen LogP contribution in [-0.2, 0) is 14.3 Å². The Kier molecular flexibility index (Phi) is 4.81. The van der Waals surface area contributed by atoms with Crippen LogP contribution in [0.15, 0.2) is 40.8 Å². The maximum Gasteiger partial charge on any atom is 0.331 e. The number of fused-ring (bicyclic) bond motifs is 1. The van der Waals surface area contributed by atoms with Gasteiger partial charge in [0.15, 0.2) is 18.1 Å². The largest absolute Gasteiger partial charge is 0.462 e. The molecule has 1 saturated carbocycles. The van der Waals surface area contributed by atoms with E-state index in [0.29, 0.717) is 22.9 Å². The SMILES string of the molecule is Cc1ccc(/C=C/C(=O)OCC(=O)Nc2ccc3c(c2)OC2(CCCC2)O3)o1. The van der Waals surface area contributed by atoms with E-state index in [9.17, 15) is 9.59 Å². The van der Waals surface area contributed by atoms with Gasteiger partial charge in [0.25, 0.3) is 11.7 Å². The second-order valence-corrected chi connectivity index (χ2v) is 6.92. The molecule has 1 aromatic carbocycles. The molecule has 1 aliphatic carbocycles. The zero-order valence-electron chi connectivity index (χ0n) is 15.5. The number of carbonyl (C=O) groups is 2. The van der Waals surface area contributed by atoms with E-state index in [0.717, 1.165) is 31.4 Å². The van der Waals surface area contributed by atoms with Crippen molar-refractivity contribution in [3.05, 3.63) is 47.9 Å². The predicted octanol–water partition coefficient (Wildman–Crippen LogP) is 3.82. The van der Waals surface area contributed by atoms with Crippen LogP contribution in [0, 0.1) is 6.92 Å². The third kappa shape index (κ3) is 4.03. The van der Waals surface area contributed by atoms with E-state index < -0.39 is 24.3 Å². The molecular weight excluding hydrogens is 362 g/mol. The first-order valence-corrected chi connectivity index (χ1v) is 9.25. The lowest BCUT2D eigenvalue weighted by molar-refractivity contribution is -0.142. The molecule has 2 heterocycles. The number of nitrogens with one attached hydrogen (secondary N) is 1. The van der Waals surface area contributed by atoms with Crippen molar-refractivity contribution in [2.45, 2.75) is 38.4 Å². The van der Waals surface area contributed by atoms with Crippen molar-refractivity contribution in [1.29, 1.82) is 0 Å². The summed E-state index contributed by atoms with van der Waals surface area (Å²) >= 11 is 0. The quantitative estimate of drug-likeness (QED) is 0.624. The van der Waals surface area contributed by atoms with Crippen molar-refractivity contribution in [1.82, 2.24) is 0 Å². The molecule has 1 fully saturated rings. The number of furan rings is 1. The molecule has 1 amide bonds. The Morgan fingerprint density at radius 2 is 1.93 bits per heavy atom. The van der Waals surface area contributed by atoms with E-state index in [1.165, 1.54) is 12.2 Å². The van der Waals surface area contributed by atoms with Crippen molar-refractivity contribution in [3.8, 4) is 11.5 Å². The Hall–Kier alpha value is -3.22. The van der Waals surface area contributed by atoms with Crippen molar-refractivity contribution >= 4 is 23.6 Å². The zero-order valence-corrected chi connectivity index (χ0v) is 15.5. The van der Waals surface area contributed by atoms with Crippen molar-refractivity contribution < 1.29 is 28.2 Å². The van der Waals surface area contributed by atoms with E-state index in [1.807, 2.05) is 6.92 Å². The van der Waals surface area contributed by atoms with E-state index in [2.05, 4.69) is 5.32 Å². The molecule has 1 aliphatic heterocycles. The highest BCUT2D eigenvalue weighted by atomic mass is 16.7. The predicted molar refractivity (Wildman–Crippen MR) is 101 cm³/mol. The smallest absolute Gasteiger partial charge is 0.331 e. The molecular formula is C21H21NO6. The van der Waals surface area contributed by atoms with Gasteiger partial charge in [-0.05, 0) is 50.1 Å². The molecule has 28 heavy (non-hydrogen) atoms. The Morgan fingerprint density at radius 3 is 2.68 bits per heavy atom. The van der Waals surface area contributed by atoms with E-state index >= 15 is 0 Å². The Morgan fingerprint density at radius 1 is 1.14 bits per heavy atom. The monoisotopic (exact) mass is 383 g/mol.